The molecule has 32 heavy (non-hydrogen) atoms. The maximum Gasteiger partial charge on any atom is 0.337 e. The molecule has 1 aromatic carbocycles. The third-order valence-electron chi connectivity index (χ3n) is 4.44. The first kappa shape index (κ1) is 20.9. The van der Waals surface area contributed by atoms with Crippen molar-refractivity contribution in [3.05, 3.63) is 66.1 Å². The summed E-state index contributed by atoms with van der Waals surface area (Å²) in [5, 5.41) is 10.2. The van der Waals surface area contributed by atoms with E-state index in [9.17, 15) is 18.4 Å². The van der Waals surface area contributed by atoms with Gasteiger partial charge in [0.25, 0.3) is 12.3 Å². The summed E-state index contributed by atoms with van der Waals surface area (Å²) in [6.07, 6.45) is 2.59. The number of methoxy groups -OCH3 is 1. The number of rotatable bonds is 6. The molecule has 1 amide bonds. The molecular weight excluding hydrogens is 426 g/mol. The number of hydrogen-bond donors (Lipinski definition) is 1. The Labute approximate surface area is 179 Å². The van der Waals surface area contributed by atoms with Crippen molar-refractivity contribution < 1.29 is 27.5 Å². The molecule has 0 spiro atoms. The van der Waals surface area contributed by atoms with Crippen molar-refractivity contribution in [2.75, 3.05) is 12.4 Å². The summed E-state index contributed by atoms with van der Waals surface area (Å²) in [5.41, 5.74) is 0.350. The van der Waals surface area contributed by atoms with Gasteiger partial charge in [-0.25, -0.2) is 23.2 Å². The molecule has 0 radical (unpaired) electrons. The molecule has 0 unspecified atom stereocenters. The number of hydrogen-bond acceptors (Lipinski definition) is 7. The number of aromatic nitrogens is 5. The van der Waals surface area contributed by atoms with Crippen molar-refractivity contribution in [2.24, 2.45) is 7.05 Å². The lowest BCUT2D eigenvalue weighted by molar-refractivity contribution is 0.0600. The average molecular weight is 442 g/mol. The first-order valence-corrected chi connectivity index (χ1v) is 9.18. The highest BCUT2D eigenvalue weighted by molar-refractivity contribution is 6.03. The van der Waals surface area contributed by atoms with E-state index < -0.39 is 24.0 Å². The number of alkyl halides is 2. The molecule has 4 aromatic rings. The van der Waals surface area contributed by atoms with E-state index in [0.29, 0.717) is 16.8 Å². The monoisotopic (exact) mass is 442 g/mol. The number of carbonyl (C=O) groups is 2. The Hall–Kier alpha value is -4.35. The van der Waals surface area contributed by atoms with Crippen molar-refractivity contribution in [3.8, 4) is 17.1 Å². The zero-order chi connectivity index (χ0) is 22.8. The highest BCUT2D eigenvalue weighted by Gasteiger charge is 2.23. The Bertz CT molecular complexity index is 1280. The van der Waals surface area contributed by atoms with Crippen molar-refractivity contribution in [3.63, 3.8) is 0 Å². The Balaban J connectivity index is 1.57. The number of aryl methyl sites for hydroxylation is 1. The number of ether oxygens (including phenoxy) is 1. The SMILES string of the molecule is COC(=O)c1ccc(-n2cc(NC(=O)c3coc(-c4cnn(C)c4)n3)c(C(F)F)n2)cc1. The van der Waals surface area contributed by atoms with E-state index in [1.54, 1.807) is 17.9 Å². The minimum absolute atomic E-state index is 0.0979. The van der Waals surface area contributed by atoms with Crippen LogP contribution in [0.5, 0.6) is 0 Å². The molecule has 0 aliphatic rings. The summed E-state index contributed by atoms with van der Waals surface area (Å²) in [6, 6.07) is 5.97. The number of nitrogens with one attached hydrogen (secondary N) is 1. The Kier molecular flexibility index (Phi) is 5.50. The predicted molar refractivity (Wildman–Crippen MR) is 107 cm³/mol. The van der Waals surface area contributed by atoms with E-state index in [1.165, 1.54) is 48.5 Å². The fourth-order valence-electron chi connectivity index (χ4n) is 2.87. The predicted octanol–water partition coefficient (Wildman–Crippen LogP) is 3.24. The number of esters is 1. The molecule has 3 aromatic heterocycles. The van der Waals surface area contributed by atoms with Gasteiger partial charge in [-0.3, -0.25) is 9.48 Å². The molecule has 0 aliphatic carbocycles. The summed E-state index contributed by atoms with van der Waals surface area (Å²) in [7, 11) is 2.97. The van der Waals surface area contributed by atoms with Crippen molar-refractivity contribution >= 4 is 17.6 Å². The first-order chi connectivity index (χ1) is 15.4. The van der Waals surface area contributed by atoms with Crippen LogP contribution in [0.1, 0.15) is 33.0 Å². The van der Waals surface area contributed by atoms with Gasteiger partial charge in [-0.2, -0.15) is 10.2 Å². The smallest absolute Gasteiger partial charge is 0.337 e. The van der Waals surface area contributed by atoms with Gasteiger partial charge >= 0.3 is 5.97 Å². The molecule has 164 valence electrons. The van der Waals surface area contributed by atoms with Gasteiger partial charge in [0.05, 0.1) is 42.0 Å². The topological polar surface area (TPSA) is 117 Å². The van der Waals surface area contributed by atoms with Gasteiger partial charge in [-0.1, -0.05) is 0 Å². The van der Waals surface area contributed by atoms with Crippen LogP contribution in [0.15, 0.2) is 53.5 Å². The lowest BCUT2D eigenvalue weighted by Gasteiger charge is -2.03. The van der Waals surface area contributed by atoms with Gasteiger partial charge in [0.15, 0.2) is 11.4 Å². The van der Waals surface area contributed by atoms with E-state index in [4.69, 9.17) is 4.42 Å². The molecule has 0 atom stereocenters. The summed E-state index contributed by atoms with van der Waals surface area (Å²) < 4.78 is 39.7. The summed E-state index contributed by atoms with van der Waals surface area (Å²) in [4.78, 5) is 28.2. The molecule has 0 saturated carbocycles. The van der Waals surface area contributed by atoms with Crippen LogP contribution >= 0.6 is 0 Å². The first-order valence-electron chi connectivity index (χ1n) is 9.18. The van der Waals surface area contributed by atoms with Crippen LogP contribution in [-0.4, -0.2) is 43.5 Å². The van der Waals surface area contributed by atoms with E-state index in [1.807, 2.05) is 0 Å². The number of carbonyl (C=O) groups excluding carboxylic acids is 2. The van der Waals surface area contributed by atoms with Gasteiger partial charge < -0.3 is 14.5 Å². The zero-order valence-electron chi connectivity index (χ0n) is 16.8. The number of nitrogens with zero attached hydrogens (tertiary/aromatic N) is 5. The van der Waals surface area contributed by atoms with E-state index in [-0.39, 0.29) is 17.3 Å². The van der Waals surface area contributed by atoms with Gasteiger partial charge in [0, 0.05) is 13.2 Å². The lowest BCUT2D eigenvalue weighted by Crippen LogP contribution is -2.13. The minimum Gasteiger partial charge on any atom is -0.465 e. The molecule has 0 aliphatic heterocycles. The number of amides is 1. The fourth-order valence-corrected chi connectivity index (χ4v) is 2.87. The number of oxazole rings is 1. The quantitative estimate of drug-likeness (QED) is 0.456. The molecule has 0 saturated heterocycles. The summed E-state index contributed by atoms with van der Waals surface area (Å²) in [6.45, 7) is 0. The molecule has 3 heterocycles. The largest absolute Gasteiger partial charge is 0.465 e. The lowest BCUT2D eigenvalue weighted by atomic mass is 10.2. The highest BCUT2D eigenvalue weighted by atomic mass is 19.3. The highest BCUT2D eigenvalue weighted by Crippen LogP contribution is 2.28. The maximum atomic E-state index is 13.5. The van der Waals surface area contributed by atoms with Gasteiger partial charge in [-0.15, -0.1) is 0 Å². The van der Waals surface area contributed by atoms with Crippen LogP contribution in [0.2, 0.25) is 0 Å². The third kappa shape index (κ3) is 4.10. The van der Waals surface area contributed by atoms with Crippen LogP contribution in [-0.2, 0) is 11.8 Å². The minimum atomic E-state index is -2.94. The molecule has 1 N–H and O–H groups in total. The molecular formula is C20H16F2N6O4. The normalized spacial score (nSPS) is 11.0. The number of anilines is 1. The van der Waals surface area contributed by atoms with Crippen molar-refractivity contribution in [2.45, 2.75) is 6.43 Å². The Morgan fingerprint density at radius 2 is 1.94 bits per heavy atom. The second-order valence-corrected chi connectivity index (χ2v) is 6.61. The van der Waals surface area contributed by atoms with Gasteiger partial charge in [0.2, 0.25) is 5.89 Å². The maximum absolute atomic E-state index is 13.5. The second kappa shape index (κ2) is 8.41. The van der Waals surface area contributed by atoms with Crippen LogP contribution < -0.4 is 5.32 Å². The zero-order valence-corrected chi connectivity index (χ0v) is 16.8. The van der Waals surface area contributed by atoms with Crippen LogP contribution in [0.4, 0.5) is 14.5 Å². The fraction of sp³-hybridized carbons (Fsp3) is 0.150. The molecule has 12 heteroatoms. The summed E-state index contributed by atoms with van der Waals surface area (Å²) in [5.74, 6) is -1.11. The molecule has 4 rings (SSSR count). The van der Waals surface area contributed by atoms with E-state index in [2.05, 4.69) is 25.2 Å². The Morgan fingerprint density at radius 3 is 2.56 bits per heavy atom. The van der Waals surface area contributed by atoms with E-state index in [0.717, 1.165) is 6.26 Å². The molecule has 10 nitrogen and oxygen atoms in total. The standard InChI is InChI=1S/C20H16F2N6O4/c1-27-8-12(7-23-27)19-25-15(10-32-19)18(29)24-14-9-28(26-16(14)17(21)22)13-5-3-11(4-6-13)20(30)31-2/h3-10,17H,1-2H3,(H,24,29). The van der Waals surface area contributed by atoms with Crippen LogP contribution in [0.3, 0.4) is 0 Å². The van der Waals surface area contributed by atoms with Crippen molar-refractivity contribution in [1.29, 1.82) is 0 Å². The third-order valence-corrected chi connectivity index (χ3v) is 4.44. The van der Waals surface area contributed by atoms with Gasteiger partial charge in [0.1, 0.15) is 6.26 Å². The van der Waals surface area contributed by atoms with Crippen LogP contribution in [0, 0.1) is 0 Å². The van der Waals surface area contributed by atoms with E-state index >= 15 is 0 Å². The number of benzene rings is 1. The second-order valence-electron chi connectivity index (χ2n) is 6.61. The Morgan fingerprint density at radius 1 is 1.19 bits per heavy atom. The summed E-state index contributed by atoms with van der Waals surface area (Å²) >= 11 is 0. The molecule has 0 bridgehead atoms. The number of halogens is 2. The molecule has 0 fully saturated rings. The van der Waals surface area contributed by atoms with Gasteiger partial charge in [-0.05, 0) is 24.3 Å². The average Bonchev–Trinajstić information content (AvgIpc) is 3.52. The van der Waals surface area contributed by atoms with Crippen molar-refractivity contribution in [1.82, 2.24) is 24.5 Å². The van der Waals surface area contributed by atoms with Crippen LogP contribution in [0.25, 0.3) is 17.1 Å².